The second-order valence-electron chi connectivity index (χ2n) is 6.85. The highest BCUT2D eigenvalue weighted by molar-refractivity contribution is 5.79. The Morgan fingerprint density at radius 3 is 2.44 bits per heavy atom. The largest absolute Gasteiger partial charge is 0.496 e. The van der Waals surface area contributed by atoms with Crippen molar-refractivity contribution in [1.29, 1.82) is 0 Å². The molecule has 0 atom stereocenters. The van der Waals surface area contributed by atoms with Gasteiger partial charge in [-0.25, -0.2) is 0 Å². The molecule has 1 heterocycles. The Labute approximate surface area is 161 Å². The van der Waals surface area contributed by atoms with Crippen LogP contribution in [0.1, 0.15) is 24.0 Å². The highest BCUT2D eigenvalue weighted by Gasteiger charge is 2.34. The summed E-state index contributed by atoms with van der Waals surface area (Å²) in [6, 6.07) is 18.8. The molecule has 1 fully saturated rings. The summed E-state index contributed by atoms with van der Waals surface area (Å²) in [6.07, 6.45) is 2.01. The van der Waals surface area contributed by atoms with Crippen LogP contribution in [0.15, 0.2) is 59.6 Å². The van der Waals surface area contributed by atoms with Crippen molar-refractivity contribution >= 4 is 5.96 Å². The summed E-state index contributed by atoms with van der Waals surface area (Å²) in [5.41, 5.74) is 2.54. The summed E-state index contributed by atoms with van der Waals surface area (Å²) in [5, 5.41) is 6.93. The van der Waals surface area contributed by atoms with E-state index in [1.807, 2.05) is 18.2 Å². The normalized spacial score (nSPS) is 16.6. The Hall–Kier alpha value is -2.53. The molecular weight excluding hydrogens is 338 g/mol. The van der Waals surface area contributed by atoms with E-state index >= 15 is 0 Å². The molecule has 27 heavy (non-hydrogen) atoms. The Morgan fingerprint density at radius 1 is 1.04 bits per heavy atom. The molecule has 1 saturated heterocycles. The van der Waals surface area contributed by atoms with Crippen LogP contribution >= 0.6 is 0 Å². The molecule has 3 rings (SSSR count). The molecule has 2 N–H and O–H groups in total. The van der Waals surface area contributed by atoms with Crippen LogP contribution in [-0.4, -0.2) is 39.9 Å². The fraction of sp³-hybridized carbons (Fsp3) is 0.409. The number of aliphatic imine (C=N–C) groups is 1. The zero-order chi connectivity index (χ0) is 19.0. The first-order chi connectivity index (χ1) is 13.3. The van der Waals surface area contributed by atoms with Crippen LogP contribution in [0.2, 0.25) is 0 Å². The topological polar surface area (TPSA) is 54.9 Å². The summed E-state index contributed by atoms with van der Waals surface area (Å²) < 4.78 is 11.0. The van der Waals surface area contributed by atoms with E-state index < -0.39 is 0 Å². The van der Waals surface area contributed by atoms with E-state index in [9.17, 15) is 0 Å². The quantitative estimate of drug-likeness (QED) is 0.608. The Balaban J connectivity index is 1.65. The molecule has 0 bridgehead atoms. The molecule has 0 aliphatic carbocycles. The second-order valence-corrected chi connectivity index (χ2v) is 6.85. The van der Waals surface area contributed by atoms with Gasteiger partial charge in [-0.2, -0.15) is 0 Å². The van der Waals surface area contributed by atoms with E-state index in [-0.39, 0.29) is 5.41 Å². The lowest BCUT2D eigenvalue weighted by molar-refractivity contribution is 0.0514. The van der Waals surface area contributed by atoms with E-state index in [1.54, 1.807) is 14.2 Å². The maximum atomic E-state index is 5.62. The maximum Gasteiger partial charge on any atom is 0.191 e. The van der Waals surface area contributed by atoms with E-state index in [0.717, 1.165) is 49.9 Å². The first kappa shape index (κ1) is 19.2. The minimum Gasteiger partial charge on any atom is -0.496 e. The smallest absolute Gasteiger partial charge is 0.191 e. The number of nitrogens with one attached hydrogen (secondary N) is 2. The van der Waals surface area contributed by atoms with Gasteiger partial charge in [0.25, 0.3) is 0 Å². The molecule has 5 nitrogen and oxygen atoms in total. The predicted octanol–water partition coefficient (Wildman–Crippen LogP) is 3.11. The van der Waals surface area contributed by atoms with Crippen LogP contribution < -0.4 is 15.4 Å². The number of rotatable bonds is 6. The molecule has 1 aliphatic rings. The molecule has 0 amide bonds. The predicted molar refractivity (Wildman–Crippen MR) is 109 cm³/mol. The zero-order valence-corrected chi connectivity index (χ0v) is 16.2. The average molecular weight is 367 g/mol. The number of nitrogens with zero attached hydrogens (tertiary/aromatic N) is 1. The van der Waals surface area contributed by atoms with Gasteiger partial charge in [-0.05, 0) is 24.5 Å². The third kappa shape index (κ3) is 4.80. The van der Waals surface area contributed by atoms with Gasteiger partial charge in [-0.1, -0.05) is 48.5 Å². The third-order valence-corrected chi connectivity index (χ3v) is 5.29. The maximum absolute atomic E-state index is 5.62. The summed E-state index contributed by atoms with van der Waals surface area (Å²) >= 11 is 0. The van der Waals surface area contributed by atoms with Gasteiger partial charge in [0.05, 0.1) is 7.11 Å². The first-order valence-corrected chi connectivity index (χ1v) is 9.47. The summed E-state index contributed by atoms with van der Waals surface area (Å²) in [5.74, 6) is 1.67. The van der Waals surface area contributed by atoms with Crippen molar-refractivity contribution < 1.29 is 9.47 Å². The molecule has 0 aromatic heterocycles. The lowest BCUT2D eigenvalue weighted by atomic mass is 9.74. The number of guanidine groups is 1. The molecule has 2 aromatic rings. The van der Waals surface area contributed by atoms with Gasteiger partial charge >= 0.3 is 0 Å². The number of para-hydroxylation sites is 1. The minimum atomic E-state index is 0.0710. The minimum absolute atomic E-state index is 0.0710. The van der Waals surface area contributed by atoms with E-state index in [0.29, 0.717) is 6.54 Å². The van der Waals surface area contributed by atoms with Gasteiger partial charge in [0, 0.05) is 44.3 Å². The summed E-state index contributed by atoms with van der Waals surface area (Å²) in [6.45, 7) is 3.07. The van der Waals surface area contributed by atoms with Crippen molar-refractivity contribution in [3.8, 4) is 5.75 Å². The second kappa shape index (κ2) is 9.42. The Kier molecular flexibility index (Phi) is 6.71. The van der Waals surface area contributed by atoms with Crippen LogP contribution in [0.3, 0.4) is 0 Å². The van der Waals surface area contributed by atoms with Gasteiger partial charge in [0.15, 0.2) is 5.96 Å². The highest BCUT2D eigenvalue weighted by atomic mass is 16.5. The molecule has 0 saturated carbocycles. The van der Waals surface area contributed by atoms with Gasteiger partial charge in [-0.3, -0.25) is 4.99 Å². The van der Waals surface area contributed by atoms with Gasteiger partial charge in [0.1, 0.15) is 5.75 Å². The molecule has 0 spiro atoms. The van der Waals surface area contributed by atoms with Crippen molar-refractivity contribution in [3.63, 3.8) is 0 Å². The number of hydrogen-bond acceptors (Lipinski definition) is 3. The zero-order valence-electron chi connectivity index (χ0n) is 16.2. The van der Waals surface area contributed by atoms with E-state index in [2.05, 4.69) is 52.0 Å². The van der Waals surface area contributed by atoms with Crippen molar-refractivity contribution in [3.05, 3.63) is 65.7 Å². The standard InChI is InChI=1S/C22H29N3O2/c1-23-21(24-16-18-8-6-7-11-20(18)26-2)25-17-22(12-14-27-15-13-22)19-9-4-3-5-10-19/h3-11H,12-17H2,1-2H3,(H2,23,24,25). The molecule has 0 unspecified atom stereocenters. The third-order valence-electron chi connectivity index (χ3n) is 5.29. The van der Waals surface area contributed by atoms with Crippen molar-refractivity contribution in [1.82, 2.24) is 10.6 Å². The summed E-state index contributed by atoms with van der Waals surface area (Å²) in [4.78, 5) is 4.39. The summed E-state index contributed by atoms with van der Waals surface area (Å²) in [7, 11) is 3.50. The number of ether oxygens (including phenoxy) is 2. The SMILES string of the molecule is CN=C(NCc1ccccc1OC)NCC1(c2ccccc2)CCOCC1. The average Bonchev–Trinajstić information content (AvgIpc) is 2.75. The van der Waals surface area contributed by atoms with Crippen LogP contribution in [0.25, 0.3) is 0 Å². The van der Waals surface area contributed by atoms with Gasteiger partial charge in [0.2, 0.25) is 0 Å². The fourth-order valence-electron chi connectivity index (χ4n) is 3.62. The van der Waals surface area contributed by atoms with E-state index in [1.165, 1.54) is 5.56 Å². The van der Waals surface area contributed by atoms with Gasteiger partial charge in [-0.15, -0.1) is 0 Å². The van der Waals surface area contributed by atoms with Crippen LogP contribution in [0.5, 0.6) is 5.75 Å². The molecule has 144 valence electrons. The van der Waals surface area contributed by atoms with Crippen molar-refractivity contribution in [2.75, 3.05) is 33.9 Å². The molecule has 5 heteroatoms. The van der Waals surface area contributed by atoms with Crippen molar-refractivity contribution in [2.24, 2.45) is 4.99 Å². The lowest BCUT2D eigenvalue weighted by Crippen LogP contribution is -2.47. The number of hydrogen-bond donors (Lipinski definition) is 2. The monoisotopic (exact) mass is 367 g/mol. The Bertz CT molecular complexity index is 740. The Morgan fingerprint density at radius 2 is 1.74 bits per heavy atom. The molecule has 0 radical (unpaired) electrons. The molecule has 1 aliphatic heterocycles. The van der Waals surface area contributed by atoms with Crippen LogP contribution in [0, 0.1) is 0 Å². The number of benzene rings is 2. The molecule has 2 aromatic carbocycles. The lowest BCUT2D eigenvalue weighted by Gasteiger charge is -2.38. The first-order valence-electron chi connectivity index (χ1n) is 9.47. The highest BCUT2D eigenvalue weighted by Crippen LogP contribution is 2.34. The van der Waals surface area contributed by atoms with E-state index in [4.69, 9.17) is 9.47 Å². The number of methoxy groups -OCH3 is 1. The van der Waals surface area contributed by atoms with Crippen molar-refractivity contribution in [2.45, 2.75) is 24.8 Å². The van der Waals surface area contributed by atoms with Gasteiger partial charge < -0.3 is 20.1 Å². The molecular formula is C22H29N3O2. The van der Waals surface area contributed by atoms with Crippen LogP contribution in [-0.2, 0) is 16.7 Å². The fourth-order valence-corrected chi connectivity index (χ4v) is 3.62. The van der Waals surface area contributed by atoms with Crippen LogP contribution in [0.4, 0.5) is 0 Å².